The zero-order chi connectivity index (χ0) is 11.8. The highest BCUT2D eigenvalue weighted by Crippen LogP contribution is 2.10. The third-order valence-corrected chi connectivity index (χ3v) is 2.90. The van der Waals surface area contributed by atoms with Crippen molar-refractivity contribution in [3.05, 3.63) is 16.9 Å². The Hall–Kier alpha value is -0.640. The number of hydrogen-bond acceptors (Lipinski definition) is 3. The van der Waals surface area contributed by atoms with Crippen molar-refractivity contribution in [3.8, 4) is 0 Å². The highest BCUT2D eigenvalue weighted by Gasteiger charge is 2.03. The van der Waals surface area contributed by atoms with Gasteiger partial charge in [-0.25, -0.2) is 9.97 Å². The molecule has 1 unspecified atom stereocenters. The van der Waals surface area contributed by atoms with Gasteiger partial charge in [0.1, 0.15) is 0 Å². The predicted molar refractivity (Wildman–Crippen MR) is 71.6 cm³/mol. The second-order valence-electron chi connectivity index (χ2n) is 4.12. The van der Waals surface area contributed by atoms with Crippen molar-refractivity contribution < 1.29 is 0 Å². The Bertz CT molecular complexity index is 287. The van der Waals surface area contributed by atoms with Crippen LogP contribution in [0.5, 0.6) is 0 Å². The minimum Gasteiger partial charge on any atom is -0.352 e. The molecule has 16 heavy (non-hydrogen) atoms. The van der Waals surface area contributed by atoms with Crippen LogP contribution < -0.4 is 5.32 Å². The number of unbranched alkanes of at least 4 members (excludes halogenated alkanes) is 3. The summed E-state index contributed by atoms with van der Waals surface area (Å²) in [4.78, 5) is 8.39. The van der Waals surface area contributed by atoms with E-state index in [4.69, 9.17) is 0 Å². The Kier molecular flexibility index (Phi) is 6.38. The van der Waals surface area contributed by atoms with Gasteiger partial charge in [-0.15, -0.1) is 0 Å². The van der Waals surface area contributed by atoms with Gasteiger partial charge in [0.05, 0.1) is 4.47 Å². The summed E-state index contributed by atoms with van der Waals surface area (Å²) in [6, 6.07) is 0.443. The molecule has 0 aromatic carbocycles. The first-order chi connectivity index (χ1) is 7.72. The Morgan fingerprint density at radius 3 is 2.56 bits per heavy atom. The van der Waals surface area contributed by atoms with Crippen molar-refractivity contribution >= 4 is 21.9 Å². The van der Waals surface area contributed by atoms with E-state index in [0.717, 1.165) is 4.47 Å². The maximum absolute atomic E-state index is 4.19. The molecule has 0 spiro atoms. The molecule has 1 aromatic rings. The molecule has 1 heterocycles. The summed E-state index contributed by atoms with van der Waals surface area (Å²) in [6.45, 7) is 4.41. The van der Waals surface area contributed by atoms with Crippen LogP contribution in [0.2, 0.25) is 0 Å². The molecule has 0 saturated carbocycles. The van der Waals surface area contributed by atoms with E-state index in [2.05, 4.69) is 45.1 Å². The quantitative estimate of drug-likeness (QED) is 0.769. The van der Waals surface area contributed by atoms with E-state index in [1.165, 1.54) is 32.1 Å². The lowest BCUT2D eigenvalue weighted by Crippen LogP contribution is -2.16. The molecule has 1 atom stereocenters. The lowest BCUT2D eigenvalue weighted by molar-refractivity contribution is 0.591. The van der Waals surface area contributed by atoms with E-state index in [-0.39, 0.29) is 0 Å². The molecule has 90 valence electrons. The van der Waals surface area contributed by atoms with Gasteiger partial charge in [0.2, 0.25) is 5.95 Å². The second-order valence-corrected chi connectivity index (χ2v) is 5.04. The van der Waals surface area contributed by atoms with Gasteiger partial charge in [-0.3, -0.25) is 0 Å². The van der Waals surface area contributed by atoms with E-state index in [0.29, 0.717) is 12.0 Å². The first-order valence-electron chi connectivity index (χ1n) is 5.96. The van der Waals surface area contributed by atoms with E-state index in [9.17, 15) is 0 Å². The Balaban J connectivity index is 2.23. The zero-order valence-electron chi connectivity index (χ0n) is 10.0. The fourth-order valence-corrected chi connectivity index (χ4v) is 1.76. The molecule has 0 fully saturated rings. The van der Waals surface area contributed by atoms with Gasteiger partial charge in [0.15, 0.2) is 0 Å². The Labute approximate surface area is 106 Å². The number of rotatable bonds is 7. The molecule has 0 aliphatic heterocycles. The van der Waals surface area contributed by atoms with Crippen LogP contribution in [0.4, 0.5) is 5.95 Å². The van der Waals surface area contributed by atoms with E-state index in [1.54, 1.807) is 12.4 Å². The molecule has 0 amide bonds. The van der Waals surface area contributed by atoms with Crippen LogP contribution in [0.1, 0.15) is 46.0 Å². The van der Waals surface area contributed by atoms with E-state index in [1.807, 2.05) is 0 Å². The van der Waals surface area contributed by atoms with Crippen LogP contribution in [-0.4, -0.2) is 16.0 Å². The van der Waals surface area contributed by atoms with E-state index < -0.39 is 0 Å². The van der Waals surface area contributed by atoms with Crippen LogP contribution in [0.25, 0.3) is 0 Å². The van der Waals surface area contributed by atoms with Crippen LogP contribution >= 0.6 is 15.9 Å². The van der Waals surface area contributed by atoms with Crippen LogP contribution in [0.15, 0.2) is 16.9 Å². The van der Waals surface area contributed by atoms with Gasteiger partial charge in [0.25, 0.3) is 0 Å². The van der Waals surface area contributed by atoms with Crippen molar-refractivity contribution in [2.45, 2.75) is 52.0 Å². The smallest absolute Gasteiger partial charge is 0.222 e. The first kappa shape index (κ1) is 13.4. The molecule has 0 aliphatic rings. The summed E-state index contributed by atoms with van der Waals surface area (Å²) < 4.78 is 0.911. The molecule has 1 rings (SSSR count). The molecule has 0 radical (unpaired) electrons. The third-order valence-electron chi connectivity index (χ3n) is 2.49. The molecule has 1 aromatic heterocycles. The standard InChI is InChI=1S/C12H20BrN3/c1-3-4-5-6-7-10(2)16-12-14-8-11(13)9-15-12/h8-10H,3-7H2,1-2H3,(H,14,15,16). The first-order valence-corrected chi connectivity index (χ1v) is 6.75. The minimum atomic E-state index is 0.443. The number of nitrogens with zero attached hydrogens (tertiary/aromatic N) is 2. The van der Waals surface area contributed by atoms with Crippen LogP contribution in [-0.2, 0) is 0 Å². The van der Waals surface area contributed by atoms with Crippen molar-refractivity contribution in [2.75, 3.05) is 5.32 Å². The maximum atomic E-state index is 4.19. The average molecular weight is 286 g/mol. The summed E-state index contributed by atoms with van der Waals surface area (Å²) in [5.74, 6) is 0.714. The maximum Gasteiger partial charge on any atom is 0.222 e. The SMILES string of the molecule is CCCCCCC(C)Nc1ncc(Br)cn1. The van der Waals surface area contributed by atoms with Crippen molar-refractivity contribution in [2.24, 2.45) is 0 Å². The molecule has 0 saturated heterocycles. The fraction of sp³-hybridized carbons (Fsp3) is 0.667. The highest BCUT2D eigenvalue weighted by molar-refractivity contribution is 9.10. The number of halogens is 1. The lowest BCUT2D eigenvalue weighted by atomic mass is 10.1. The summed E-state index contributed by atoms with van der Waals surface area (Å²) >= 11 is 3.32. The third kappa shape index (κ3) is 5.45. The second kappa shape index (κ2) is 7.60. The van der Waals surface area contributed by atoms with Crippen LogP contribution in [0, 0.1) is 0 Å². The summed E-state index contributed by atoms with van der Waals surface area (Å²) in [5.41, 5.74) is 0. The highest BCUT2D eigenvalue weighted by atomic mass is 79.9. The normalized spacial score (nSPS) is 12.4. The molecular weight excluding hydrogens is 266 g/mol. The molecule has 0 bridgehead atoms. The van der Waals surface area contributed by atoms with Gasteiger partial charge in [-0.2, -0.15) is 0 Å². The van der Waals surface area contributed by atoms with Crippen molar-refractivity contribution in [3.63, 3.8) is 0 Å². The van der Waals surface area contributed by atoms with Crippen molar-refractivity contribution in [1.29, 1.82) is 0 Å². The lowest BCUT2D eigenvalue weighted by Gasteiger charge is -2.13. The Morgan fingerprint density at radius 2 is 1.94 bits per heavy atom. The molecule has 3 nitrogen and oxygen atoms in total. The minimum absolute atomic E-state index is 0.443. The summed E-state index contributed by atoms with van der Waals surface area (Å²) in [7, 11) is 0. The predicted octanol–water partition coefficient (Wildman–Crippen LogP) is 4.01. The van der Waals surface area contributed by atoms with Crippen molar-refractivity contribution in [1.82, 2.24) is 9.97 Å². The summed E-state index contributed by atoms with van der Waals surface area (Å²) in [6.07, 6.45) is 9.93. The number of hydrogen-bond donors (Lipinski definition) is 1. The molecule has 0 aliphatic carbocycles. The zero-order valence-corrected chi connectivity index (χ0v) is 11.6. The molecule has 1 N–H and O–H groups in total. The monoisotopic (exact) mass is 285 g/mol. The topological polar surface area (TPSA) is 37.8 Å². The van der Waals surface area contributed by atoms with Gasteiger partial charge in [0, 0.05) is 18.4 Å². The Morgan fingerprint density at radius 1 is 1.25 bits per heavy atom. The van der Waals surface area contributed by atoms with Gasteiger partial charge < -0.3 is 5.32 Å². The fourth-order valence-electron chi connectivity index (χ4n) is 1.56. The van der Waals surface area contributed by atoms with Gasteiger partial charge in [-0.05, 0) is 29.3 Å². The van der Waals surface area contributed by atoms with Gasteiger partial charge in [-0.1, -0.05) is 32.6 Å². The van der Waals surface area contributed by atoms with Crippen LogP contribution in [0.3, 0.4) is 0 Å². The average Bonchev–Trinajstić information content (AvgIpc) is 2.28. The largest absolute Gasteiger partial charge is 0.352 e. The number of anilines is 1. The van der Waals surface area contributed by atoms with E-state index >= 15 is 0 Å². The number of aromatic nitrogens is 2. The molecule has 4 heteroatoms. The molecular formula is C12H20BrN3. The van der Waals surface area contributed by atoms with Gasteiger partial charge >= 0.3 is 0 Å². The summed E-state index contributed by atoms with van der Waals surface area (Å²) in [5, 5.41) is 3.30. The number of nitrogens with one attached hydrogen (secondary N) is 1.